The molecule has 0 radical (unpaired) electrons. The van der Waals surface area contributed by atoms with E-state index in [0.717, 1.165) is 6.07 Å². The maximum atomic E-state index is 14.4. The van der Waals surface area contributed by atoms with Gasteiger partial charge < -0.3 is 5.32 Å². The fourth-order valence-electron chi connectivity index (χ4n) is 3.73. The van der Waals surface area contributed by atoms with Gasteiger partial charge in [-0.15, -0.1) is 0 Å². The Labute approximate surface area is 259 Å². The van der Waals surface area contributed by atoms with Crippen LogP contribution in [-0.4, -0.2) is 52.3 Å². The highest BCUT2D eigenvalue weighted by Gasteiger charge is 2.13. The Morgan fingerprint density at radius 2 is 1.11 bits per heavy atom. The van der Waals surface area contributed by atoms with Crippen LogP contribution in [-0.2, 0) is 20.0 Å². The molecule has 0 bridgehead atoms. The molecule has 236 valence electrons. The monoisotopic (exact) mass is 657 g/mol. The molecule has 4 aromatic rings. The van der Waals surface area contributed by atoms with Gasteiger partial charge in [-0.2, -0.15) is 20.2 Å². The Kier molecular flexibility index (Phi) is 10.2. The molecule has 0 unspecified atom stereocenters. The molecule has 0 aliphatic carbocycles. The smallest absolute Gasteiger partial charge is 0.240 e. The molecule has 5 N–H and O–H groups in total. The van der Waals surface area contributed by atoms with Crippen molar-refractivity contribution in [2.24, 2.45) is 10.2 Å². The van der Waals surface area contributed by atoms with E-state index in [-0.39, 0.29) is 33.1 Å². The topological polar surface area (TPSA) is 179 Å². The van der Waals surface area contributed by atoms with Crippen molar-refractivity contribution in [2.45, 2.75) is 23.6 Å². The van der Waals surface area contributed by atoms with Gasteiger partial charge in [0, 0.05) is 12.1 Å². The molecule has 45 heavy (non-hydrogen) atoms. The van der Waals surface area contributed by atoms with Crippen molar-refractivity contribution in [3.63, 3.8) is 0 Å². The largest absolute Gasteiger partial charge is 0.322 e. The molecular formula is C28H29F2N9O4S2. The molecule has 1 aromatic heterocycles. The van der Waals surface area contributed by atoms with Crippen molar-refractivity contribution >= 4 is 54.7 Å². The second-order valence-electron chi connectivity index (χ2n) is 9.29. The maximum absolute atomic E-state index is 14.4. The van der Waals surface area contributed by atoms with Crippen molar-refractivity contribution < 1.29 is 25.6 Å². The average molecular weight is 658 g/mol. The number of halogens is 2. The van der Waals surface area contributed by atoms with Crippen LogP contribution in [0, 0.1) is 11.6 Å². The van der Waals surface area contributed by atoms with Gasteiger partial charge in [-0.05, 0) is 75.5 Å². The Bertz CT molecular complexity index is 1860. The zero-order valence-electron chi connectivity index (χ0n) is 24.4. The molecule has 0 saturated heterocycles. The van der Waals surface area contributed by atoms with Crippen LogP contribution < -0.4 is 25.6 Å². The minimum absolute atomic E-state index is 0.0723. The van der Waals surface area contributed by atoms with Crippen LogP contribution in [0.4, 0.5) is 32.1 Å². The van der Waals surface area contributed by atoms with Gasteiger partial charge in [0.25, 0.3) is 0 Å². The Hall–Kier alpha value is -4.84. The summed E-state index contributed by atoms with van der Waals surface area (Å²) in [6.45, 7) is 3.39. The van der Waals surface area contributed by atoms with Crippen molar-refractivity contribution in [2.75, 3.05) is 30.3 Å². The third-order valence-corrected chi connectivity index (χ3v) is 9.14. The lowest BCUT2D eigenvalue weighted by Gasteiger charge is -2.11. The van der Waals surface area contributed by atoms with Crippen molar-refractivity contribution in [1.29, 1.82) is 0 Å². The van der Waals surface area contributed by atoms with Gasteiger partial charge in [0.2, 0.25) is 26.0 Å². The van der Waals surface area contributed by atoms with E-state index in [0.29, 0.717) is 28.6 Å². The zero-order valence-corrected chi connectivity index (χ0v) is 26.1. The summed E-state index contributed by atoms with van der Waals surface area (Å²) in [6.07, 6.45) is 0. The van der Waals surface area contributed by atoms with E-state index in [4.69, 9.17) is 0 Å². The van der Waals surface area contributed by atoms with E-state index >= 15 is 0 Å². The number of nitrogens with one attached hydrogen (secondary N) is 5. The normalized spacial score (nSPS) is 12.6. The van der Waals surface area contributed by atoms with Crippen LogP contribution >= 0.6 is 0 Å². The summed E-state index contributed by atoms with van der Waals surface area (Å²) in [6, 6.07) is 16.6. The van der Waals surface area contributed by atoms with Gasteiger partial charge in [0.15, 0.2) is 11.6 Å². The summed E-state index contributed by atoms with van der Waals surface area (Å²) in [5.74, 6) is -1.35. The lowest BCUT2D eigenvalue weighted by atomic mass is 10.1. The second-order valence-corrected chi connectivity index (χ2v) is 13.1. The fourth-order valence-corrected chi connectivity index (χ4v) is 5.19. The highest BCUT2D eigenvalue weighted by molar-refractivity contribution is 7.89. The van der Waals surface area contributed by atoms with Crippen LogP contribution in [0.2, 0.25) is 0 Å². The van der Waals surface area contributed by atoms with E-state index in [1.54, 1.807) is 38.1 Å². The number of hydrogen-bond acceptors (Lipinski definition) is 11. The predicted molar refractivity (Wildman–Crippen MR) is 169 cm³/mol. The lowest BCUT2D eigenvalue weighted by Crippen LogP contribution is -2.18. The summed E-state index contributed by atoms with van der Waals surface area (Å²) in [7, 11) is -4.55. The number of benzene rings is 3. The molecule has 0 spiro atoms. The zero-order chi connectivity index (χ0) is 32.8. The molecule has 3 aromatic carbocycles. The number of anilines is 4. The molecule has 4 rings (SSSR count). The Morgan fingerprint density at radius 1 is 0.667 bits per heavy atom. The highest BCUT2D eigenvalue weighted by atomic mass is 32.2. The quantitative estimate of drug-likeness (QED) is 0.111. The summed E-state index contributed by atoms with van der Waals surface area (Å²) in [4.78, 5) is 8.80. The molecule has 13 nitrogen and oxygen atoms in total. The lowest BCUT2D eigenvalue weighted by molar-refractivity contribution is 0.585. The minimum Gasteiger partial charge on any atom is -0.322 e. The van der Waals surface area contributed by atoms with Crippen LogP contribution in [0.5, 0.6) is 0 Å². The van der Waals surface area contributed by atoms with Gasteiger partial charge in [-0.25, -0.2) is 35.1 Å². The molecule has 17 heteroatoms. The van der Waals surface area contributed by atoms with E-state index in [1.165, 1.54) is 50.5 Å². The number of nitrogens with zero attached hydrogens (tertiary/aromatic N) is 4. The van der Waals surface area contributed by atoms with E-state index in [9.17, 15) is 25.6 Å². The molecule has 1 heterocycles. The van der Waals surface area contributed by atoms with Crippen LogP contribution in [0.1, 0.15) is 25.0 Å². The Balaban J connectivity index is 1.61. The third kappa shape index (κ3) is 8.42. The first kappa shape index (κ1) is 33.1. The summed E-state index contributed by atoms with van der Waals surface area (Å²) < 4.78 is 80.3. The number of hydrogen-bond donors (Lipinski definition) is 5. The third-order valence-electron chi connectivity index (χ3n) is 6.28. The summed E-state index contributed by atoms with van der Waals surface area (Å²) in [5.41, 5.74) is 7.76. The fraction of sp³-hybridized carbons (Fsp3) is 0.143. The van der Waals surface area contributed by atoms with Crippen molar-refractivity contribution in [1.82, 2.24) is 19.4 Å². The van der Waals surface area contributed by atoms with Crippen LogP contribution in [0.3, 0.4) is 0 Å². The number of aromatic nitrogens is 2. The van der Waals surface area contributed by atoms with E-state index in [2.05, 4.69) is 45.8 Å². The minimum atomic E-state index is -3.60. The summed E-state index contributed by atoms with van der Waals surface area (Å²) >= 11 is 0. The number of sulfonamides is 2. The summed E-state index contributed by atoms with van der Waals surface area (Å²) in [5, 5.41) is 11.3. The van der Waals surface area contributed by atoms with Crippen LogP contribution in [0.15, 0.2) is 92.8 Å². The van der Waals surface area contributed by atoms with Crippen molar-refractivity contribution in [3.05, 3.63) is 95.6 Å². The Morgan fingerprint density at radius 3 is 1.51 bits per heavy atom. The van der Waals surface area contributed by atoms with Gasteiger partial charge in [0.05, 0.1) is 26.9 Å². The average Bonchev–Trinajstić information content (AvgIpc) is 3.04. The molecular weight excluding hydrogens is 628 g/mol. The molecule has 0 atom stereocenters. The first-order valence-corrected chi connectivity index (χ1v) is 16.1. The standard InChI is InChI=1S/C28H29F2N9O4S2/c1-17(19-5-10-22(11-6-19)44(40,41)31-3)36-38-26-16-27(35-28(34-26)33-25-14-9-21(29)15-24(25)30)39-37-18(2)20-7-12-23(13-8-20)45(42,43)32-4/h5-16,31-32H,1-4H3,(H3,33,34,35,38,39). The van der Waals surface area contributed by atoms with Crippen molar-refractivity contribution in [3.8, 4) is 0 Å². The number of hydrazone groups is 2. The van der Waals surface area contributed by atoms with Gasteiger partial charge in [-0.1, -0.05) is 24.3 Å². The highest BCUT2D eigenvalue weighted by Crippen LogP contribution is 2.22. The molecule has 0 amide bonds. The second kappa shape index (κ2) is 13.9. The van der Waals surface area contributed by atoms with E-state index < -0.39 is 31.7 Å². The molecule has 0 saturated carbocycles. The predicted octanol–water partition coefficient (Wildman–Crippen LogP) is 3.99. The van der Waals surface area contributed by atoms with Gasteiger partial charge in [0.1, 0.15) is 11.6 Å². The first-order chi connectivity index (χ1) is 21.3. The SMILES string of the molecule is CNS(=O)(=O)c1ccc(C(C)=NNc2cc(NN=C(C)c3ccc(S(=O)(=O)NC)cc3)nc(Nc3ccc(F)cc3F)n2)cc1. The molecule has 0 aliphatic rings. The first-order valence-electron chi connectivity index (χ1n) is 13.1. The van der Waals surface area contributed by atoms with Gasteiger partial charge >= 0.3 is 0 Å². The molecule has 0 fully saturated rings. The van der Waals surface area contributed by atoms with Gasteiger partial charge in [-0.3, -0.25) is 10.9 Å². The van der Waals surface area contributed by atoms with Crippen LogP contribution in [0.25, 0.3) is 0 Å². The van der Waals surface area contributed by atoms with E-state index in [1.807, 2.05) is 0 Å². The maximum Gasteiger partial charge on any atom is 0.240 e. The number of rotatable bonds is 12. The molecule has 0 aliphatic heterocycles.